The number of nitrogens with one attached hydrogen (secondary N) is 1. The van der Waals surface area contributed by atoms with Crippen LogP contribution in [0.15, 0.2) is 18.2 Å². The minimum atomic E-state index is 0.228. The Morgan fingerprint density at radius 1 is 1.44 bits per heavy atom. The van der Waals surface area contributed by atoms with Crippen molar-refractivity contribution in [1.82, 2.24) is 0 Å². The second kappa shape index (κ2) is 4.06. The van der Waals surface area contributed by atoms with Gasteiger partial charge in [-0.25, -0.2) is 0 Å². The topological polar surface area (TPSA) is 38.0 Å². The van der Waals surface area contributed by atoms with Gasteiger partial charge in [-0.1, -0.05) is 24.4 Å². The van der Waals surface area contributed by atoms with Gasteiger partial charge in [-0.05, 0) is 44.7 Å². The lowest BCUT2D eigenvalue weighted by Crippen LogP contribution is -2.42. The van der Waals surface area contributed by atoms with Crippen molar-refractivity contribution in [3.8, 4) is 0 Å². The zero-order valence-electron chi connectivity index (χ0n) is 9.84. The maximum absolute atomic E-state index is 5.75. The van der Waals surface area contributed by atoms with Crippen LogP contribution in [0.1, 0.15) is 37.3 Å². The molecule has 1 fully saturated rings. The summed E-state index contributed by atoms with van der Waals surface area (Å²) in [5.41, 5.74) is 9.26. The number of hydrogen-bond acceptors (Lipinski definition) is 2. The van der Waals surface area contributed by atoms with Crippen molar-refractivity contribution in [2.45, 2.75) is 38.6 Å². The molecule has 1 aliphatic carbocycles. The zero-order chi connectivity index (χ0) is 11.8. The van der Waals surface area contributed by atoms with Gasteiger partial charge in [0.25, 0.3) is 0 Å². The first-order valence-electron chi connectivity index (χ1n) is 5.69. The Hall–Kier alpha value is -1.09. The third-order valence-corrected chi connectivity index (χ3v) is 3.64. The molecule has 16 heavy (non-hydrogen) atoms. The van der Waals surface area contributed by atoms with Gasteiger partial charge in [-0.2, -0.15) is 0 Å². The van der Waals surface area contributed by atoms with Crippen LogP contribution >= 0.6 is 12.2 Å². The van der Waals surface area contributed by atoms with Crippen molar-refractivity contribution >= 4 is 22.9 Å². The van der Waals surface area contributed by atoms with Crippen LogP contribution < -0.4 is 11.1 Å². The molecule has 0 saturated heterocycles. The Morgan fingerprint density at radius 3 is 2.62 bits per heavy atom. The van der Waals surface area contributed by atoms with Crippen LogP contribution in [0, 0.1) is 6.92 Å². The quantitative estimate of drug-likeness (QED) is 0.790. The van der Waals surface area contributed by atoms with E-state index in [2.05, 4.69) is 25.2 Å². The average Bonchev–Trinajstić information content (AvgIpc) is 2.18. The number of benzene rings is 1. The molecule has 86 valence electrons. The fourth-order valence-corrected chi connectivity index (χ4v) is 2.34. The van der Waals surface area contributed by atoms with Crippen molar-refractivity contribution in [2.75, 3.05) is 5.32 Å². The van der Waals surface area contributed by atoms with E-state index in [1.807, 2.05) is 12.1 Å². The molecule has 0 bridgehead atoms. The summed E-state index contributed by atoms with van der Waals surface area (Å²) in [6.07, 6.45) is 3.74. The second-order valence-electron chi connectivity index (χ2n) is 4.90. The predicted molar refractivity (Wildman–Crippen MR) is 72.9 cm³/mol. The normalized spacial score (nSPS) is 17.6. The molecule has 1 aromatic rings. The zero-order valence-corrected chi connectivity index (χ0v) is 10.7. The van der Waals surface area contributed by atoms with E-state index in [0.717, 1.165) is 11.3 Å². The molecule has 2 nitrogen and oxygen atoms in total. The highest BCUT2D eigenvalue weighted by atomic mass is 32.1. The first-order chi connectivity index (χ1) is 7.52. The maximum Gasteiger partial charge on any atom is 0.106 e. The molecule has 0 atom stereocenters. The minimum absolute atomic E-state index is 0.228. The number of nitrogens with two attached hydrogens (primary N) is 1. The molecule has 1 aromatic carbocycles. The van der Waals surface area contributed by atoms with Crippen molar-refractivity contribution in [2.24, 2.45) is 5.73 Å². The summed E-state index contributed by atoms with van der Waals surface area (Å²) >= 11 is 5.09. The second-order valence-corrected chi connectivity index (χ2v) is 5.34. The van der Waals surface area contributed by atoms with E-state index >= 15 is 0 Å². The molecule has 0 radical (unpaired) electrons. The lowest BCUT2D eigenvalue weighted by molar-refractivity contribution is 0.306. The number of rotatable bonds is 3. The van der Waals surface area contributed by atoms with E-state index in [-0.39, 0.29) is 5.54 Å². The van der Waals surface area contributed by atoms with Gasteiger partial charge in [-0.15, -0.1) is 0 Å². The average molecular weight is 234 g/mol. The van der Waals surface area contributed by atoms with E-state index in [9.17, 15) is 0 Å². The van der Waals surface area contributed by atoms with Crippen molar-refractivity contribution < 1.29 is 0 Å². The third-order valence-electron chi connectivity index (χ3n) is 3.42. The highest BCUT2D eigenvalue weighted by Crippen LogP contribution is 2.36. The lowest BCUT2D eigenvalue weighted by Gasteiger charge is -2.41. The molecular weight excluding hydrogens is 216 g/mol. The Morgan fingerprint density at radius 2 is 2.12 bits per heavy atom. The lowest BCUT2D eigenvalue weighted by atomic mass is 9.78. The number of aryl methyl sites for hydroxylation is 1. The van der Waals surface area contributed by atoms with Crippen LogP contribution in [-0.4, -0.2) is 10.5 Å². The van der Waals surface area contributed by atoms with Crippen LogP contribution in [0.3, 0.4) is 0 Å². The van der Waals surface area contributed by atoms with Gasteiger partial charge >= 0.3 is 0 Å². The highest BCUT2D eigenvalue weighted by molar-refractivity contribution is 7.80. The predicted octanol–water partition coefficient (Wildman–Crippen LogP) is 2.98. The molecule has 1 aliphatic rings. The molecule has 0 aromatic heterocycles. The molecule has 0 amide bonds. The van der Waals surface area contributed by atoms with Gasteiger partial charge in [0, 0.05) is 16.8 Å². The van der Waals surface area contributed by atoms with Crippen molar-refractivity contribution in [3.05, 3.63) is 29.3 Å². The van der Waals surface area contributed by atoms with Crippen LogP contribution in [-0.2, 0) is 0 Å². The Balaban J connectivity index is 2.34. The molecule has 3 heteroatoms. The van der Waals surface area contributed by atoms with Crippen LogP contribution in [0.4, 0.5) is 5.69 Å². The first kappa shape index (κ1) is 11.4. The number of anilines is 1. The molecule has 1 saturated carbocycles. The fourth-order valence-electron chi connectivity index (χ4n) is 2.17. The van der Waals surface area contributed by atoms with Crippen molar-refractivity contribution in [3.63, 3.8) is 0 Å². The molecular formula is C13H18N2S. The van der Waals surface area contributed by atoms with Gasteiger partial charge in [0.1, 0.15) is 4.99 Å². The summed E-state index contributed by atoms with van der Waals surface area (Å²) in [6, 6.07) is 6.07. The highest BCUT2D eigenvalue weighted by Gasteiger charge is 2.32. The SMILES string of the molecule is Cc1cccc(C(N)=S)c1NC1(C)CCC1. The molecule has 0 aliphatic heterocycles. The standard InChI is InChI=1S/C13H18N2S/c1-9-5-3-6-10(12(14)16)11(9)15-13(2)7-4-8-13/h3,5-6,15H,4,7-8H2,1-2H3,(H2,14,16). The maximum atomic E-state index is 5.75. The Kier molecular flexibility index (Phi) is 2.89. The molecule has 3 N–H and O–H groups in total. The molecule has 0 unspecified atom stereocenters. The molecule has 0 heterocycles. The Labute approximate surface area is 102 Å². The van der Waals surface area contributed by atoms with Gasteiger partial charge in [-0.3, -0.25) is 0 Å². The van der Waals surface area contributed by atoms with E-state index in [4.69, 9.17) is 18.0 Å². The monoisotopic (exact) mass is 234 g/mol. The third kappa shape index (κ3) is 2.05. The number of thiocarbonyl (C=S) groups is 1. The minimum Gasteiger partial charge on any atom is -0.389 e. The summed E-state index contributed by atoms with van der Waals surface area (Å²) in [7, 11) is 0. The first-order valence-corrected chi connectivity index (χ1v) is 6.10. The fraction of sp³-hybridized carbons (Fsp3) is 0.462. The Bertz CT molecular complexity index is 422. The smallest absolute Gasteiger partial charge is 0.106 e. The molecule has 2 rings (SSSR count). The van der Waals surface area contributed by atoms with E-state index in [0.29, 0.717) is 4.99 Å². The van der Waals surface area contributed by atoms with Gasteiger partial charge in [0.05, 0.1) is 0 Å². The van der Waals surface area contributed by atoms with Gasteiger partial charge in [0.15, 0.2) is 0 Å². The summed E-state index contributed by atoms with van der Waals surface area (Å²) in [4.78, 5) is 0.467. The number of para-hydroxylation sites is 1. The van der Waals surface area contributed by atoms with E-state index < -0.39 is 0 Å². The van der Waals surface area contributed by atoms with Crippen LogP contribution in [0.5, 0.6) is 0 Å². The van der Waals surface area contributed by atoms with Gasteiger partial charge in [0.2, 0.25) is 0 Å². The van der Waals surface area contributed by atoms with Crippen LogP contribution in [0.25, 0.3) is 0 Å². The summed E-state index contributed by atoms with van der Waals surface area (Å²) < 4.78 is 0. The van der Waals surface area contributed by atoms with E-state index in [1.165, 1.54) is 24.8 Å². The summed E-state index contributed by atoms with van der Waals surface area (Å²) in [6.45, 7) is 4.35. The largest absolute Gasteiger partial charge is 0.389 e. The molecule has 0 spiro atoms. The summed E-state index contributed by atoms with van der Waals surface area (Å²) in [5, 5.41) is 3.61. The van der Waals surface area contributed by atoms with E-state index in [1.54, 1.807) is 0 Å². The van der Waals surface area contributed by atoms with Gasteiger partial charge < -0.3 is 11.1 Å². The van der Waals surface area contributed by atoms with Crippen LogP contribution in [0.2, 0.25) is 0 Å². The summed E-state index contributed by atoms with van der Waals surface area (Å²) in [5.74, 6) is 0. The van der Waals surface area contributed by atoms with Crippen molar-refractivity contribution in [1.29, 1.82) is 0 Å². The number of hydrogen-bond donors (Lipinski definition) is 2.